The molecule has 0 spiro atoms. The molecule has 2 amide bonds. The van der Waals surface area contributed by atoms with Crippen molar-refractivity contribution < 1.29 is 23.5 Å². The molecule has 1 heterocycles. The monoisotopic (exact) mass is 492 g/mol. The van der Waals surface area contributed by atoms with Crippen LogP contribution in [0.1, 0.15) is 26.3 Å². The first-order valence-electron chi connectivity index (χ1n) is 9.65. The molecular weight excluding hydrogens is 470 g/mol. The van der Waals surface area contributed by atoms with Gasteiger partial charge in [0.2, 0.25) is 11.8 Å². The van der Waals surface area contributed by atoms with Crippen LogP contribution in [0.15, 0.2) is 42.2 Å². The van der Waals surface area contributed by atoms with Crippen LogP contribution in [0.3, 0.4) is 0 Å². The van der Waals surface area contributed by atoms with Gasteiger partial charge in [0.05, 0.1) is 12.0 Å². The second kappa shape index (κ2) is 10.7. The molecule has 3 atom stereocenters. The Balaban J connectivity index is 2.28. The summed E-state index contributed by atoms with van der Waals surface area (Å²) >= 11 is 17.0. The summed E-state index contributed by atoms with van der Waals surface area (Å²) < 4.78 is 23.0. The first-order chi connectivity index (χ1) is 14.4. The fourth-order valence-corrected chi connectivity index (χ4v) is 3.25. The zero-order chi connectivity index (χ0) is 23.3. The van der Waals surface area contributed by atoms with Crippen molar-refractivity contribution >= 4 is 52.7 Å². The van der Waals surface area contributed by atoms with Crippen molar-refractivity contribution in [3.05, 3.63) is 47.8 Å². The third-order valence-electron chi connectivity index (χ3n) is 4.62. The third kappa shape index (κ3) is 6.82. The third-order valence-corrected chi connectivity index (χ3v) is 5.14. The highest BCUT2D eigenvalue weighted by atomic mass is 35.6. The zero-order valence-corrected chi connectivity index (χ0v) is 19.5. The molecule has 6 nitrogen and oxygen atoms in total. The number of carbonyl (C=O) groups is 2. The molecule has 0 saturated carbocycles. The van der Waals surface area contributed by atoms with Gasteiger partial charge in [-0.25, -0.2) is 14.1 Å². The predicted molar refractivity (Wildman–Crippen MR) is 118 cm³/mol. The lowest BCUT2D eigenvalue weighted by Gasteiger charge is -2.29. The molecule has 1 fully saturated rings. The molecule has 1 aromatic carbocycles. The number of cyclic esters (lactones) is 1. The van der Waals surface area contributed by atoms with E-state index in [1.807, 2.05) is 30.3 Å². The fourth-order valence-electron chi connectivity index (χ4n) is 3.12. The minimum Gasteiger partial charge on any atom is -0.467 e. The Morgan fingerprint density at radius 2 is 1.94 bits per heavy atom. The smallest absolute Gasteiger partial charge is 0.416 e. The molecule has 31 heavy (non-hydrogen) atoms. The van der Waals surface area contributed by atoms with Gasteiger partial charge in [0, 0.05) is 0 Å². The molecule has 1 aliphatic rings. The maximum absolute atomic E-state index is 14.9. The first kappa shape index (κ1) is 25.4. The van der Waals surface area contributed by atoms with Crippen molar-refractivity contribution in [1.82, 2.24) is 4.90 Å². The predicted octanol–water partition coefficient (Wildman–Crippen LogP) is 5.45. The Bertz CT molecular complexity index is 843. The summed E-state index contributed by atoms with van der Waals surface area (Å²) in [5.41, 5.74) is 0.910. The average molecular weight is 494 g/mol. The van der Waals surface area contributed by atoms with Crippen LogP contribution < -0.4 is 0 Å². The van der Waals surface area contributed by atoms with E-state index in [0.717, 1.165) is 10.5 Å². The molecule has 10 heteroatoms. The van der Waals surface area contributed by atoms with Gasteiger partial charge in [0.15, 0.2) is 6.10 Å². The number of halogens is 4. The number of nitrogens with one attached hydrogen (secondary N) is 1. The van der Waals surface area contributed by atoms with E-state index in [-0.39, 0.29) is 12.5 Å². The van der Waals surface area contributed by atoms with Crippen molar-refractivity contribution in [2.24, 2.45) is 11.8 Å². The van der Waals surface area contributed by atoms with Crippen LogP contribution in [0.4, 0.5) is 9.18 Å². The maximum Gasteiger partial charge on any atom is 0.416 e. The SMILES string of the molecule is CC(C)/C=C(\F)[C@H](OC(=N)C(Cl)(Cl)Cl)[C@@H](C)C(=O)N1C(=O)OCC1Cc1ccccc1. The second-order valence-electron chi connectivity index (χ2n) is 7.58. The maximum atomic E-state index is 14.9. The molecule has 1 unspecified atom stereocenters. The van der Waals surface area contributed by atoms with Crippen LogP contribution in [0.25, 0.3) is 0 Å². The number of alkyl halides is 3. The molecule has 0 bridgehead atoms. The number of carbonyl (C=O) groups excluding carboxylic acids is 2. The standard InChI is InChI=1S/C21H24Cl3FN2O4/c1-12(2)9-16(25)17(31-19(26)21(22,23)24)13(3)18(28)27-15(11-30-20(27)29)10-14-7-5-4-6-8-14/h4-9,12-13,15,17,26H,10-11H2,1-3H3/b16-9-,26-19?/t13-,15?,17-/m1/s1. The summed E-state index contributed by atoms with van der Waals surface area (Å²) in [4.78, 5) is 26.5. The summed E-state index contributed by atoms with van der Waals surface area (Å²) in [7, 11) is 0. The van der Waals surface area contributed by atoms with Gasteiger partial charge in [-0.2, -0.15) is 0 Å². The topological polar surface area (TPSA) is 79.7 Å². The lowest BCUT2D eigenvalue weighted by molar-refractivity contribution is -0.135. The Kier molecular flexibility index (Phi) is 8.74. The molecule has 1 N–H and O–H groups in total. The number of hydrogen-bond donors (Lipinski definition) is 1. The fraction of sp³-hybridized carbons (Fsp3) is 0.476. The number of ether oxygens (including phenoxy) is 2. The van der Waals surface area contributed by atoms with Gasteiger partial charge < -0.3 is 9.47 Å². The van der Waals surface area contributed by atoms with E-state index in [4.69, 9.17) is 49.7 Å². The van der Waals surface area contributed by atoms with E-state index >= 15 is 0 Å². The molecule has 1 aliphatic heterocycles. The zero-order valence-electron chi connectivity index (χ0n) is 17.3. The summed E-state index contributed by atoms with van der Waals surface area (Å²) in [6.45, 7) is 4.87. The highest BCUT2D eigenvalue weighted by Gasteiger charge is 2.44. The lowest BCUT2D eigenvalue weighted by Crippen LogP contribution is -2.47. The number of benzene rings is 1. The van der Waals surface area contributed by atoms with Crippen molar-refractivity contribution in [3.63, 3.8) is 0 Å². The molecule has 0 aliphatic carbocycles. The summed E-state index contributed by atoms with van der Waals surface area (Å²) in [6, 6.07) is 8.73. The summed E-state index contributed by atoms with van der Waals surface area (Å²) in [5.74, 6) is -3.76. The van der Waals surface area contributed by atoms with Crippen LogP contribution >= 0.6 is 34.8 Å². The Morgan fingerprint density at radius 1 is 1.32 bits per heavy atom. The van der Waals surface area contributed by atoms with Crippen molar-refractivity contribution in [2.45, 2.75) is 43.1 Å². The van der Waals surface area contributed by atoms with Gasteiger partial charge in [-0.3, -0.25) is 10.2 Å². The van der Waals surface area contributed by atoms with Gasteiger partial charge in [0.25, 0.3) is 3.79 Å². The van der Waals surface area contributed by atoms with E-state index in [2.05, 4.69) is 0 Å². The average Bonchev–Trinajstić information content (AvgIpc) is 3.04. The van der Waals surface area contributed by atoms with Crippen molar-refractivity contribution in [3.8, 4) is 0 Å². The van der Waals surface area contributed by atoms with Gasteiger partial charge in [-0.1, -0.05) is 79.0 Å². The second-order valence-corrected chi connectivity index (χ2v) is 9.86. The quantitative estimate of drug-likeness (QED) is 0.311. The molecule has 2 rings (SSSR count). The van der Waals surface area contributed by atoms with Crippen LogP contribution in [0.2, 0.25) is 0 Å². The number of hydrogen-bond acceptors (Lipinski definition) is 5. The number of rotatable bonds is 7. The van der Waals surface area contributed by atoms with Gasteiger partial charge >= 0.3 is 6.09 Å². The first-order valence-corrected chi connectivity index (χ1v) is 10.8. The molecular formula is C21H24Cl3FN2O4. The molecule has 0 aromatic heterocycles. The molecule has 170 valence electrons. The normalized spacial score (nSPS) is 19.2. The van der Waals surface area contributed by atoms with E-state index in [9.17, 15) is 14.0 Å². The van der Waals surface area contributed by atoms with Gasteiger partial charge in [0.1, 0.15) is 12.4 Å². The largest absolute Gasteiger partial charge is 0.467 e. The minimum absolute atomic E-state index is 0.0198. The number of amides is 2. The van der Waals surface area contributed by atoms with Gasteiger partial charge in [-0.05, 0) is 30.9 Å². The van der Waals surface area contributed by atoms with Crippen LogP contribution in [-0.2, 0) is 20.7 Å². The highest BCUT2D eigenvalue weighted by molar-refractivity contribution is 6.76. The Hall–Kier alpha value is -1.83. The van der Waals surface area contributed by atoms with Crippen molar-refractivity contribution in [1.29, 1.82) is 5.41 Å². The summed E-state index contributed by atoms with van der Waals surface area (Å²) in [5, 5.41) is 7.79. The number of nitrogens with zero attached hydrogens (tertiary/aromatic N) is 1. The highest BCUT2D eigenvalue weighted by Crippen LogP contribution is 2.32. The molecule has 0 radical (unpaired) electrons. The Labute approximate surface area is 195 Å². The van der Waals surface area contributed by atoms with E-state index < -0.39 is 45.6 Å². The minimum atomic E-state index is -2.23. The van der Waals surface area contributed by atoms with Crippen LogP contribution in [-0.4, -0.2) is 45.3 Å². The van der Waals surface area contributed by atoms with Crippen LogP contribution in [0.5, 0.6) is 0 Å². The van der Waals surface area contributed by atoms with E-state index in [1.54, 1.807) is 13.8 Å². The number of allylic oxidation sites excluding steroid dienone is 1. The molecule has 1 aromatic rings. The Morgan fingerprint density at radius 3 is 2.48 bits per heavy atom. The summed E-state index contributed by atoms with van der Waals surface area (Å²) in [6.07, 6.45) is -0.751. The number of imide groups is 1. The molecule has 1 saturated heterocycles. The van der Waals surface area contributed by atoms with Crippen LogP contribution in [0, 0.1) is 17.2 Å². The van der Waals surface area contributed by atoms with E-state index in [1.165, 1.54) is 13.0 Å². The van der Waals surface area contributed by atoms with E-state index in [0.29, 0.717) is 6.42 Å². The van der Waals surface area contributed by atoms with Gasteiger partial charge in [-0.15, -0.1) is 0 Å². The van der Waals surface area contributed by atoms with Crippen molar-refractivity contribution in [2.75, 3.05) is 6.61 Å². The lowest BCUT2D eigenvalue weighted by atomic mass is 9.98.